The van der Waals surface area contributed by atoms with Crippen LogP contribution in [0.25, 0.3) is 17.0 Å². The molecular weight excluding hydrogens is 352 g/mol. The maximum atomic E-state index is 4.55. The molecule has 0 aliphatic carbocycles. The molecule has 0 spiro atoms. The molecule has 3 aromatic rings. The highest BCUT2D eigenvalue weighted by Gasteiger charge is 2.20. The van der Waals surface area contributed by atoms with Gasteiger partial charge in [-0.25, -0.2) is 4.99 Å². The van der Waals surface area contributed by atoms with Crippen LogP contribution in [0.1, 0.15) is 31.9 Å². The van der Waals surface area contributed by atoms with Gasteiger partial charge in [0.2, 0.25) is 0 Å². The van der Waals surface area contributed by atoms with Crippen LogP contribution in [0.3, 0.4) is 0 Å². The van der Waals surface area contributed by atoms with Gasteiger partial charge < -0.3 is 5.32 Å². The Hall–Kier alpha value is -3.39. The number of benzene rings is 3. The van der Waals surface area contributed by atoms with Gasteiger partial charge in [0.05, 0.1) is 12.0 Å². The SMILES string of the molecule is CC(C)(C)/C(c1ccccc1)=c1/cccc/c1=C1\C=C(c2ccccc2)N=CN1. The number of aliphatic imine (C=N–C) groups is 1. The van der Waals surface area contributed by atoms with Crippen molar-refractivity contribution in [2.75, 3.05) is 0 Å². The first-order valence-corrected chi connectivity index (χ1v) is 10.00. The van der Waals surface area contributed by atoms with Gasteiger partial charge in [-0.2, -0.15) is 0 Å². The molecule has 1 aliphatic rings. The lowest BCUT2D eigenvalue weighted by molar-refractivity contribution is 0.564. The zero-order valence-corrected chi connectivity index (χ0v) is 17.2. The molecule has 0 amide bonds. The van der Waals surface area contributed by atoms with E-state index in [-0.39, 0.29) is 5.41 Å². The Morgan fingerprint density at radius 2 is 1.38 bits per heavy atom. The largest absolute Gasteiger partial charge is 0.346 e. The monoisotopic (exact) mass is 378 g/mol. The van der Waals surface area contributed by atoms with Crippen molar-refractivity contribution in [2.45, 2.75) is 20.8 Å². The molecular formula is C27H26N2. The standard InChI is InChI=1S/C27H26N2/c1-27(2,3)26(21-14-8-5-9-15-21)23-17-11-10-16-22(23)25-18-24(28-19-29-25)20-12-6-4-7-13-20/h4-19H,1-3H3,(H,28,29)/b25-22-,26-23-. The van der Waals surface area contributed by atoms with Crippen LogP contribution in [0.15, 0.2) is 96.0 Å². The van der Waals surface area contributed by atoms with Crippen LogP contribution in [0.2, 0.25) is 0 Å². The van der Waals surface area contributed by atoms with Crippen LogP contribution in [0, 0.1) is 5.41 Å². The van der Waals surface area contributed by atoms with Crippen molar-refractivity contribution in [2.24, 2.45) is 10.4 Å². The van der Waals surface area contributed by atoms with E-state index in [0.29, 0.717) is 0 Å². The normalized spacial score (nSPS) is 16.7. The van der Waals surface area contributed by atoms with E-state index in [1.165, 1.54) is 21.6 Å². The second-order valence-electron chi connectivity index (χ2n) is 8.25. The van der Waals surface area contributed by atoms with Crippen molar-refractivity contribution in [3.05, 3.63) is 113 Å². The Morgan fingerprint density at radius 3 is 2.07 bits per heavy atom. The summed E-state index contributed by atoms with van der Waals surface area (Å²) in [7, 11) is 0. The minimum absolute atomic E-state index is 0.00720. The molecule has 1 N–H and O–H groups in total. The van der Waals surface area contributed by atoms with E-state index in [1.807, 2.05) is 18.2 Å². The average molecular weight is 379 g/mol. The van der Waals surface area contributed by atoms with E-state index in [0.717, 1.165) is 17.0 Å². The highest BCUT2D eigenvalue weighted by molar-refractivity contribution is 5.88. The van der Waals surface area contributed by atoms with Gasteiger partial charge in [0.25, 0.3) is 0 Å². The van der Waals surface area contributed by atoms with E-state index in [2.05, 4.69) is 104 Å². The summed E-state index contributed by atoms with van der Waals surface area (Å²) >= 11 is 0. The van der Waals surface area contributed by atoms with Crippen molar-refractivity contribution in [1.82, 2.24) is 5.32 Å². The van der Waals surface area contributed by atoms with Crippen LogP contribution < -0.4 is 15.8 Å². The summed E-state index contributed by atoms with van der Waals surface area (Å²) in [6.07, 6.45) is 3.92. The van der Waals surface area contributed by atoms with Crippen LogP contribution in [0.5, 0.6) is 0 Å². The third kappa shape index (κ3) is 4.07. The maximum Gasteiger partial charge on any atom is 0.0930 e. The number of hydrogen-bond donors (Lipinski definition) is 1. The third-order valence-electron chi connectivity index (χ3n) is 5.07. The summed E-state index contributed by atoms with van der Waals surface area (Å²) in [4.78, 5) is 4.55. The summed E-state index contributed by atoms with van der Waals surface area (Å²) in [5.74, 6) is 0. The second-order valence-corrected chi connectivity index (χ2v) is 8.25. The van der Waals surface area contributed by atoms with Crippen molar-refractivity contribution in [3.63, 3.8) is 0 Å². The molecule has 0 fully saturated rings. The van der Waals surface area contributed by atoms with Gasteiger partial charge in [0.1, 0.15) is 0 Å². The number of hydrogen-bond acceptors (Lipinski definition) is 2. The summed E-state index contributed by atoms with van der Waals surface area (Å²) in [5.41, 5.74) is 5.72. The van der Waals surface area contributed by atoms with Gasteiger partial charge >= 0.3 is 0 Å². The van der Waals surface area contributed by atoms with E-state index in [4.69, 9.17) is 0 Å². The van der Waals surface area contributed by atoms with E-state index in [1.54, 1.807) is 6.34 Å². The summed E-state index contributed by atoms with van der Waals surface area (Å²) in [5, 5.41) is 5.79. The highest BCUT2D eigenvalue weighted by Crippen LogP contribution is 2.31. The molecule has 4 rings (SSSR count). The van der Waals surface area contributed by atoms with Crippen LogP contribution >= 0.6 is 0 Å². The van der Waals surface area contributed by atoms with Gasteiger partial charge in [0, 0.05) is 16.5 Å². The molecule has 1 heterocycles. The predicted octanol–water partition coefficient (Wildman–Crippen LogP) is 4.71. The average Bonchev–Trinajstić information content (AvgIpc) is 2.75. The smallest absolute Gasteiger partial charge is 0.0930 e. The van der Waals surface area contributed by atoms with Crippen LogP contribution in [-0.2, 0) is 0 Å². The van der Waals surface area contributed by atoms with E-state index >= 15 is 0 Å². The zero-order chi connectivity index (χ0) is 20.3. The zero-order valence-electron chi connectivity index (χ0n) is 17.2. The van der Waals surface area contributed by atoms with Gasteiger partial charge in [-0.05, 0) is 27.8 Å². The fourth-order valence-electron chi connectivity index (χ4n) is 3.84. The molecule has 0 atom stereocenters. The van der Waals surface area contributed by atoms with Crippen molar-refractivity contribution < 1.29 is 0 Å². The van der Waals surface area contributed by atoms with Crippen LogP contribution in [-0.4, -0.2) is 6.34 Å². The minimum Gasteiger partial charge on any atom is -0.346 e. The maximum absolute atomic E-state index is 4.55. The summed E-state index contributed by atoms with van der Waals surface area (Å²) < 4.78 is 0. The molecule has 3 aromatic carbocycles. The van der Waals surface area contributed by atoms with Crippen molar-refractivity contribution in [3.8, 4) is 0 Å². The molecule has 0 saturated carbocycles. The topological polar surface area (TPSA) is 24.4 Å². The number of rotatable bonds is 2. The lowest BCUT2D eigenvalue weighted by atomic mass is 9.80. The lowest BCUT2D eigenvalue weighted by Gasteiger charge is -2.24. The van der Waals surface area contributed by atoms with Gasteiger partial charge in [0.15, 0.2) is 0 Å². The Labute approximate surface area is 172 Å². The molecule has 0 radical (unpaired) electrons. The summed E-state index contributed by atoms with van der Waals surface area (Å²) in [6, 6.07) is 29.6. The fraction of sp³-hybridized carbons (Fsp3) is 0.148. The molecule has 144 valence electrons. The molecule has 0 bridgehead atoms. The number of nitrogens with zero attached hydrogens (tertiary/aromatic N) is 1. The highest BCUT2D eigenvalue weighted by atomic mass is 15.0. The molecule has 0 aromatic heterocycles. The molecule has 2 heteroatoms. The Bertz CT molecular complexity index is 1180. The van der Waals surface area contributed by atoms with Gasteiger partial charge in [-0.1, -0.05) is 106 Å². The third-order valence-corrected chi connectivity index (χ3v) is 5.07. The van der Waals surface area contributed by atoms with Crippen LogP contribution in [0.4, 0.5) is 0 Å². The summed E-state index contributed by atoms with van der Waals surface area (Å²) in [6.45, 7) is 6.83. The molecule has 29 heavy (non-hydrogen) atoms. The van der Waals surface area contributed by atoms with Gasteiger partial charge in [-0.15, -0.1) is 0 Å². The Morgan fingerprint density at radius 1 is 0.759 bits per heavy atom. The molecule has 0 unspecified atom stereocenters. The lowest BCUT2D eigenvalue weighted by Crippen LogP contribution is -2.36. The number of nitrogens with one attached hydrogen (secondary N) is 1. The van der Waals surface area contributed by atoms with Crippen molar-refractivity contribution in [1.29, 1.82) is 0 Å². The first kappa shape index (κ1) is 18.9. The molecule has 2 nitrogen and oxygen atoms in total. The molecule has 1 aliphatic heterocycles. The minimum atomic E-state index is -0.00720. The Balaban J connectivity index is 2.04. The Kier molecular flexibility index (Phi) is 5.18. The first-order valence-electron chi connectivity index (χ1n) is 10.00. The van der Waals surface area contributed by atoms with E-state index < -0.39 is 0 Å². The second kappa shape index (κ2) is 7.92. The van der Waals surface area contributed by atoms with E-state index in [9.17, 15) is 0 Å². The quantitative estimate of drug-likeness (QED) is 0.686. The first-order chi connectivity index (χ1) is 14.0. The van der Waals surface area contributed by atoms with Gasteiger partial charge in [-0.3, -0.25) is 0 Å². The predicted molar refractivity (Wildman–Crippen MR) is 124 cm³/mol. The fourth-order valence-corrected chi connectivity index (χ4v) is 3.84. The van der Waals surface area contributed by atoms with Crippen molar-refractivity contribution >= 4 is 23.3 Å². The molecule has 0 saturated heterocycles.